The normalized spacial score (nSPS) is 16.3. The van der Waals surface area contributed by atoms with Crippen LogP contribution in [0, 0.1) is 0 Å². The quantitative estimate of drug-likeness (QED) is 0.726. The van der Waals surface area contributed by atoms with Gasteiger partial charge in [-0.15, -0.1) is 0 Å². The fourth-order valence-corrected chi connectivity index (χ4v) is 2.32. The molecule has 1 amide bonds. The van der Waals surface area contributed by atoms with Crippen LogP contribution in [0.3, 0.4) is 0 Å². The van der Waals surface area contributed by atoms with Crippen LogP contribution < -0.4 is 4.90 Å². The average Bonchev–Trinajstić information content (AvgIpc) is 2.45. The van der Waals surface area contributed by atoms with E-state index in [9.17, 15) is 9.59 Å². The number of halogens is 2. The highest BCUT2D eigenvalue weighted by molar-refractivity contribution is 9.11. The van der Waals surface area contributed by atoms with Gasteiger partial charge < -0.3 is 0 Å². The molecular formula is C8H5Br2N3O2. The maximum atomic E-state index is 11.4. The number of ketones is 1. The van der Waals surface area contributed by atoms with E-state index < -0.39 is 0 Å². The summed E-state index contributed by atoms with van der Waals surface area (Å²) in [6.45, 7) is 0.0771. The third-order valence-electron chi connectivity index (χ3n) is 1.92. The molecule has 0 aliphatic carbocycles. The summed E-state index contributed by atoms with van der Waals surface area (Å²) in [5.41, 5.74) is 0. The molecule has 1 aromatic rings. The molecule has 0 atom stereocenters. The van der Waals surface area contributed by atoms with Crippen molar-refractivity contribution in [1.82, 2.24) is 9.97 Å². The molecule has 0 bridgehead atoms. The summed E-state index contributed by atoms with van der Waals surface area (Å²) >= 11 is 6.35. The van der Waals surface area contributed by atoms with Crippen molar-refractivity contribution in [1.29, 1.82) is 0 Å². The Morgan fingerprint density at radius 1 is 1.33 bits per heavy atom. The van der Waals surface area contributed by atoms with E-state index in [1.807, 2.05) is 0 Å². The molecule has 15 heavy (non-hydrogen) atoms. The molecule has 1 aromatic heterocycles. The largest absolute Gasteiger partial charge is 0.297 e. The van der Waals surface area contributed by atoms with Crippen LogP contribution in [0.15, 0.2) is 15.4 Å². The van der Waals surface area contributed by atoms with Crippen LogP contribution >= 0.6 is 31.9 Å². The molecule has 78 valence electrons. The van der Waals surface area contributed by atoms with E-state index in [0.29, 0.717) is 15.0 Å². The van der Waals surface area contributed by atoms with Crippen LogP contribution in [0.1, 0.15) is 6.42 Å². The van der Waals surface area contributed by atoms with Gasteiger partial charge in [0.05, 0.1) is 19.2 Å². The maximum Gasteiger partial charge on any atom is 0.236 e. The van der Waals surface area contributed by atoms with Crippen LogP contribution in [0.4, 0.5) is 5.82 Å². The van der Waals surface area contributed by atoms with Gasteiger partial charge in [-0.05, 0) is 31.9 Å². The molecule has 0 unspecified atom stereocenters. The van der Waals surface area contributed by atoms with Crippen molar-refractivity contribution < 1.29 is 9.59 Å². The smallest absolute Gasteiger partial charge is 0.236 e. The average molecular weight is 335 g/mol. The Morgan fingerprint density at radius 2 is 2.07 bits per heavy atom. The lowest BCUT2D eigenvalue weighted by atomic mass is 10.3. The second-order valence-electron chi connectivity index (χ2n) is 3.00. The zero-order chi connectivity index (χ0) is 11.0. The molecule has 7 heteroatoms. The molecule has 1 aliphatic heterocycles. The van der Waals surface area contributed by atoms with E-state index in [1.165, 1.54) is 11.1 Å². The number of rotatable bonds is 1. The van der Waals surface area contributed by atoms with Gasteiger partial charge in [0, 0.05) is 0 Å². The highest BCUT2D eigenvalue weighted by Crippen LogP contribution is 2.25. The fourth-order valence-electron chi connectivity index (χ4n) is 1.30. The van der Waals surface area contributed by atoms with Crippen molar-refractivity contribution in [3.63, 3.8) is 0 Å². The Balaban J connectivity index is 2.38. The Kier molecular flexibility index (Phi) is 2.83. The van der Waals surface area contributed by atoms with Crippen molar-refractivity contribution in [2.45, 2.75) is 6.42 Å². The molecule has 0 saturated carbocycles. The van der Waals surface area contributed by atoms with Gasteiger partial charge >= 0.3 is 0 Å². The van der Waals surface area contributed by atoms with Crippen molar-refractivity contribution in [3.05, 3.63) is 15.4 Å². The topological polar surface area (TPSA) is 63.2 Å². The van der Waals surface area contributed by atoms with E-state index in [0.717, 1.165) is 0 Å². The summed E-state index contributed by atoms with van der Waals surface area (Å²) < 4.78 is 1.01. The minimum absolute atomic E-state index is 0.0514. The van der Waals surface area contributed by atoms with Gasteiger partial charge in [0.1, 0.15) is 9.21 Å². The monoisotopic (exact) mass is 333 g/mol. The van der Waals surface area contributed by atoms with Crippen LogP contribution in [0.2, 0.25) is 0 Å². The molecule has 1 aliphatic rings. The number of carbonyl (C=O) groups excluding carboxylic acids is 2. The minimum Gasteiger partial charge on any atom is -0.297 e. The number of nitrogens with zero attached hydrogens (tertiary/aromatic N) is 3. The number of aromatic nitrogens is 2. The second-order valence-corrected chi connectivity index (χ2v) is 4.57. The molecule has 0 N–H and O–H groups in total. The molecule has 0 aromatic carbocycles. The molecule has 0 spiro atoms. The zero-order valence-corrected chi connectivity index (χ0v) is 10.6. The number of hydrogen-bond acceptors (Lipinski definition) is 4. The summed E-state index contributed by atoms with van der Waals surface area (Å²) in [4.78, 5) is 31.9. The Bertz CT molecular complexity index is 450. The van der Waals surface area contributed by atoms with Crippen molar-refractivity contribution in [3.8, 4) is 0 Å². The SMILES string of the molecule is O=C1CC(=O)N(c2ncc(Br)nc2Br)C1. The molecular weight excluding hydrogens is 330 g/mol. The van der Waals surface area contributed by atoms with Crippen molar-refractivity contribution in [2.75, 3.05) is 11.4 Å². The van der Waals surface area contributed by atoms with Crippen LogP contribution in [0.25, 0.3) is 0 Å². The van der Waals surface area contributed by atoms with Gasteiger partial charge in [-0.2, -0.15) is 0 Å². The van der Waals surface area contributed by atoms with Crippen LogP contribution in [-0.2, 0) is 9.59 Å². The Hall–Kier alpha value is -0.820. The minimum atomic E-state index is -0.239. The Morgan fingerprint density at radius 3 is 2.60 bits per heavy atom. The zero-order valence-electron chi connectivity index (χ0n) is 7.41. The number of amides is 1. The molecule has 1 fully saturated rings. The van der Waals surface area contributed by atoms with Gasteiger partial charge in [-0.3, -0.25) is 14.5 Å². The Labute approximate surface area is 102 Å². The van der Waals surface area contributed by atoms with Gasteiger partial charge in [0.2, 0.25) is 5.91 Å². The lowest BCUT2D eigenvalue weighted by Crippen LogP contribution is -2.26. The van der Waals surface area contributed by atoms with Crippen LogP contribution in [0.5, 0.6) is 0 Å². The lowest BCUT2D eigenvalue weighted by Gasteiger charge is -2.14. The summed E-state index contributed by atoms with van der Waals surface area (Å²) in [7, 11) is 0. The predicted molar refractivity (Wildman–Crippen MR) is 59.4 cm³/mol. The lowest BCUT2D eigenvalue weighted by molar-refractivity contribution is -0.121. The first-order chi connectivity index (χ1) is 7.08. The van der Waals surface area contributed by atoms with Gasteiger partial charge in [-0.25, -0.2) is 9.97 Å². The molecule has 0 radical (unpaired) electrons. The maximum absolute atomic E-state index is 11.4. The van der Waals surface area contributed by atoms with Gasteiger partial charge in [0.25, 0.3) is 0 Å². The van der Waals surface area contributed by atoms with Gasteiger partial charge in [0.15, 0.2) is 11.6 Å². The second kappa shape index (κ2) is 3.97. The highest BCUT2D eigenvalue weighted by Gasteiger charge is 2.31. The first-order valence-corrected chi connectivity index (χ1v) is 5.66. The highest BCUT2D eigenvalue weighted by atomic mass is 79.9. The number of hydrogen-bond donors (Lipinski definition) is 0. The number of anilines is 1. The molecule has 5 nitrogen and oxygen atoms in total. The van der Waals surface area contributed by atoms with E-state index >= 15 is 0 Å². The van der Waals surface area contributed by atoms with Crippen molar-refractivity contribution in [2.24, 2.45) is 0 Å². The van der Waals surface area contributed by atoms with Gasteiger partial charge in [-0.1, -0.05) is 0 Å². The number of Topliss-reactive ketones (excluding diaryl/α,β-unsaturated/α-hetero) is 1. The first kappa shape index (κ1) is 10.7. The predicted octanol–water partition coefficient (Wildman–Crippen LogP) is 1.31. The summed E-state index contributed by atoms with van der Waals surface area (Å²) in [6, 6.07) is 0. The van der Waals surface area contributed by atoms with E-state index in [1.54, 1.807) is 0 Å². The summed E-state index contributed by atoms with van der Waals surface area (Å²) in [5, 5.41) is 0. The standard InChI is InChI=1S/C8H5Br2N3O2/c9-5-2-11-8(7(10)12-5)13-3-4(14)1-6(13)15/h2H,1,3H2. The van der Waals surface area contributed by atoms with E-state index in [2.05, 4.69) is 41.8 Å². The summed E-state index contributed by atoms with van der Waals surface area (Å²) in [6.07, 6.45) is 1.43. The molecule has 2 heterocycles. The van der Waals surface area contributed by atoms with E-state index in [-0.39, 0.29) is 24.7 Å². The fraction of sp³-hybridized carbons (Fsp3) is 0.250. The van der Waals surface area contributed by atoms with E-state index in [4.69, 9.17) is 0 Å². The molecule has 2 rings (SSSR count). The summed E-state index contributed by atoms with van der Waals surface area (Å²) in [5.74, 6) is 0.0444. The van der Waals surface area contributed by atoms with Crippen LogP contribution in [-0.4, -0.2) is 28.2 Å². The first-order valence-electron chi connectivity index (χ1n) is 4.08. The third-order valence-corrected chi connectivity index (χ3v) is 2.84. The molecule has 1 saturated heterocycles. The third kappa shape index (κ3) is 2.07. The number of carbonyl (C=O) groups is 2. The van der Waals surface area contributed by atoms with Crippen molar-refractivity contribution >= 4 is 49.4 Å².